The van der Waals surface area contributed by atoms with E-state index >= 15 is 0 Å². The molecule has 1 saturated carbocycles. The van der Waals surface area contributed by atoms with Crippen LogP contribution in [0.1, 0.15) is 28.1 Å². The van der Waals surface area contributed by atoms with Gasteiger partial charge in [-0.25, -0.2) is 0 Å². The van der Waals surface area contributed by atoms with Crippen molar-refractivity contribution in [1.82, 2.24) is 5.32 Å². The number of nitrogen functional groups attached to an aromatic ring is 1. The number of nitrogens with one attached hydrogen (secondary N) is 1. The van der Waals surface area contributed by atoms with Gasteiger partial charge in [0.2, 0.25) is 0 Å². The predicted molar refractivity (Wildman–Crippen MR) is 77.5 cm³/mol. The number of fused-ring (bicyclic) bond motifs is 1. The van der Waals surface area contributed by atoms with Gasteiger partial charge in [-0.05, 0) is 25.3 Å². The Bertz CT molecular complexity index is 659. The first-order valence-electron chi connectivity index (χ1n) is 6.27. The summed E-state index contributed by atoms with van der Waals surface area (Å²) in [6.45, 7) is 2.00. The maximum atomic E-state index is 12.3. The van der Waals surface area contributed by atoms with Crippen LogP contribution in [0, 0.1) is 6.92 Å². The summed E-state index contributed by atoms with van der Waals surface area (Å²) in [5.74, 6) is -0.176. The number of aryl methyl sites for hydroxylation is 1. The summed E-state index contributed by atoms with van der Waals surface area (Å²) < 4.78 is 1.05. The zero-order chi connectivity index (χ0) is 13.6. The van der Waals surface area contributed by atoms with E-state index in [0.29, 0.717) is 10.6 Å². The molecule has 1 aliphatic rings. The fraction of sp³-hybridized carbons (Fsp3) is 0.357. The van der Waals surface area contributed by atoms with Gasteiger partial charge in [0.1, 0.15) is 4.88 Å². The second kappa shape index (κ2) is 4.21. The molecular formula is C14H16N2O2S. The van der Waals surface area contributed by atoms with E-state index in [2.05, 4.69) is 5.32 Å². The van der Waals surface area contributed by atoms with Crippen molar-refractivity contribution in [3.8, 4) is 0 Å². The van der Waals surface area contributed by atoms with E-state index < -0.39 is 5.54 Å². The first-order valence-corrected chi connectivity index (χ1v) is 7.09. The van der Waals surface area contributed by atoms with Crippen LogP contribution in [0.5, 0.6) is 0 Å². The molecule has 100 valence electrons. The van der Waals surface area contributed by atoms with Crippen LogP contribution in [-0.4, -0.2) is 23.2 Å². The monoisotopic (exact) mass is 276 g/mol. The Morgan fingerprint density at radius 1 is 1.53 bits per heavy atom. The first kappa shape index (κ1) is 12.4. The van der Waals surface area contributed by atoms with Crippen molar-refractivity contribution >= 4 is 33.0 Å². The molecule has 0 atom stereocenters. The van der Waals surface area contributed by atoms with Gasteiger partial charge in [-0.1, -0.05) is 18.2 Å². The van der Waals surface area contributed by atoms with Crippen LogP contribution in [0.25, 0.3) is 10.1 Å². The SMILES string of the molecule is Cc1cccc2c(N)c(C(=O)NC3(CO)CC3)sc12. The second-order valence-corrected chi connectivity index (χ2v) is 6.21. The average molecular weight is 276 g/mol. The van der Waals surface area contributed by atoms with Crippen molar-refractivity contribution in [3.63, 3.8) is 0 Å². The molecule has 4 nitrogen and oxygen atoms in total. The van der Waals surface area contributed by atoms with Gasteiger partial charge in [0, 0.05) is 10.1 Å². The average Bonchev–Trinajstić information content (AvgIpc) is 3.08. The van der Waals surface area contributed by atoms with Crippen LogP contribution >= 0.6 is 11.3 Å². The Kier molecular flexibility index (Phi) is 2.76. The third kappa shape index (κ3) is 1.99. The summed E-state index contributed by atoms with van der Waals surface area (Å²) in [4.78, 5) is 12.8. The number of carbonyl (C=O) groups is 1. The number of thiophene rings is 1. The standard InChI is InChI=1S/C14H16N2O2S/c1-8-3-2-4-9-10(15)12(19-11(8)9)13(18)16-14(7-17)5-6-14/h2-4,17H,5-7,15H2,1H3,(H,16,18). The number of anilines is 1. The van der Waals surface area contributed by atoms with Gasteiger partial charge in [0.15, 0.2) is 0 Å². The Hall–Kier alpha value is -1.59. The molecule has 3 rings (SSSR count). The van der Waals surface area contributed by atoms with Gasteiger partial charge in [-0.3, -0.25) is 4.79 Å². The van der Waals surface area contributed by atoms with Crippen LogP contribution in [0.4, 0.5) is 5.69 Å². The summed E-state index contributed by atoms with van der Waals surface area (Å²) in [5.41, 5.74) is 7.33. The van der Waals surface area contributed by atoms with E-state index in [-0.39, 0.29) is 12.5 Å². The van der Waals surface area contributed by atoms with Crippen molar-refractivity contribution in [2.24, 2.45) is 0 Å². The molecule has 4 N–H and O–H groups in total. The summed E-state index contributed by atoms with van der Waals surface area (Å²) >= 11 is 1.42. The van der Waals surface area contributed by atoms with Crippen LogP contribution in [0.15, 0.2) is 18.2 Å². The van der Waals surface area contributed by atoms with Gasteiger partial charge in [-0.2, -0.15) is 0 Å². The number of amides is 1. The Labute approximate surface area is 115 Å². The highest BCUT2D eigenvalue weighted by Gasteiger charge is 2.44. The van der Waals surface area contributed by atoms with Gasteiger partial charge in [0.05, 0.1) is 17.8 Å². The molecule has 0 spiro atoms. The lowest BCUT2D eigenvalue weighted by Crippen LogP contribution is -2.39. The summed E-state index contributed by atoms with van der Waals surface area (Å²) in [5, 5.41) is 13.1. The summed E-state index contributed by atoms with van der Waals surface area (Å²) in [6, 6.07) is 5.89. The molecule has 1 amide bonds. The quantitative estimate of drug-likeness (QED) is 0.803. The zero-order valence-electron chi connectivity index (χ0n) is 10.7. The molecule has 1 aromatic carbocycles. The summed E-state index contributed by atoms with van der Waals surface area (Å²) in [6.07, 6.45) is 1.66. The molecule has 19 heavy (non-hydrogen) atoms. The van der Waals surface area contributed by atoms with E-state index in [0.717, 1.165) is 28.5 Å². The van der Waals surface area contributed by atoms with E-state index in [1.54, 1.807) is 0 Å². The van der Waals surface area contributed by atoms with E-state index in [4.69, 9.17) is 5.73 Å². The van der Waals surface area contributed by atoms with Crippen molar-refractivity contribution < 1.29 is 9.90 Å². The minimum absolute atomic E-state index is 0.0113. The highest BCUT2D eigenvalue weighted by Crippen LogP contribution is 2.38. The minimum Gasteiger partial charge on any atom is -0.397 e. The van der Waals surface area contributed by atoms with Crippen molar-refractivity contribution in [2.45, 2.75) is 25.3 Å². The third-order valence-electron chi connectivity index (χ3n) is 3.69. The van der Waals surface area contributed by atoms with Crippen molar-refractivity contribution in [3.05, 3.63) is 28.6 Å². The predicted octanol–water partition coefficient (Wildman–Crippen LogP) is 2.05. The topological polar surface area (TPSA) is 75.4 Å². The largest absolute Gasteiger partial charge is 0.397 e. The second-order valence-electron chi connectivity index (χ2n) is 5.19. The number of nitrogens with two attached hydrogens (primary N) is 1. The highest BCUT2D eigenvalue weighted by molar-refractivity contribution is 7.21. The van der Waals surface area contributed by atoms with Crippen molar-refractivity contribution in [1.29, 1.82) is 0 Å². The van der Waals surface area contributed by atoms with Crippen LogP contribution in [-0.2, 0) is 0 Å². The van der Waals surface area contributed by atoms with Crippen LogP contribution < -0.4 is 11.1 Å². The fourth-order valence-electron chi connectivity index (χ4n) is 2.22. The number of aliphatic hydroxyl groups excluding tert-OH is 1. The number of hydrogen-bond acceptors (Lipinski definition) is 4. The molecule has 0 unspecified atom stereocenters. The Balaban J connectivity index is 1.99. The van der Waals surface area contributed by atoms with Crippen LogP contribution in [0.2, 0.25) is 0 Å². The maximum Gasteiger partial charge on any atom is 0.264 e. The van der Waals surface area contributed by atoms with Gasteiger partial charge in [-0.15, -0.1) is 11.3 Å². The summed E-state index contributed by atoms with van der Waals surface area (Å²) in [7, 11) is 0. The van der Waals surface area contributed by atoms with Gasteiger partial charge in [0.25, 0.3) is 5.91 Å². The molecule has 1 aromatic heterocycles. The lowest BCUT2D eigenvalue weighted by Gasteiger charge is -2.13. The molecule has 0 radical (unpaired) electrons. The van der Waals surface area contributed by atoms with E-state index in [9.17, 15) is 9.90 Å². The molecule has 0 aliphatic heterocycles. The number of aliphatic hydroxyl groups is 1. The maximum absolute atomic E-state index is 12.3. The Morgan fingerprint density at radius 2 is 2.26 bits per heavy atom. The van der Waals surface area contributed by atoms with E-state index in [1.165, 1.54) is 11.3 Å². The molecular weight excluding hydrogens is 260 g/mol. The number of hydrogen-bond donors (Lipinski definition) is 3. The molecule has 2 aromatic rings. The van der Waals surface area contributed by atoms with Crippen LogP contribution in [0.3, 0.4) is 0 Å². The smallest absolute Gasteiger partial charge is 0.264 e. The lowest BCUT2D eigenvalue weighted by atomic mass is 10.1. The molecule has 0 bridgehead atoms. The van der Waals surface area contributed by atoms with Crippen molar-refractivity contribution in [2.75, 3.05) is 12.3 Å². The number of rotatable bonds is 3. The number of benzene rings is 1. The van der Waals surface area contributed by atoms with E-state index in [1.807, 2.05) is 25.1 Å². The highest BCUT2D eigenvalue weighted by atomic mass is 32.1. The minimum atomic E-state index is -0.408. The molecule has 5 heteroatoms. The normalized spacial score (nSPS) is 16.5. The Morgan fingerprint density at radius 3 is 2.84 bits per heavy atom. The molecule has 1 fully saturated rings. The molecule has 1 heterocycles. The molecule has 0 saturated heterocycles. The number of carbonyl (C=O) groups excluding carboxylic acids is 1. The van der Waals surface area contributed by atoms with Gasteiger partial charge >= 0.3 is 0 Å². The zero-order valence-corrected chi connectivity index (χ0v) is 11.5. The lowest BCUT2D eigenvalue weighted by molar-refractivity contribution is 0.0912. The van der Waals surface area contributed by atoms with Gasteiger partial charge < -0.3 is 16.2 Å². The fourth-order valence-corrected chi connectivity index (χ4v) is 3.30. The molecule has 1 aliphatic carbocycles. The third-order valence-corrected chi connectivity index (χ3v) is 5.05. The first-order chi connectivity index (χ1) is 9.06.